The number of benzene rings is 1. The molecule has 3 aromatic heterocycles. The van der Waals surface area contributed by atoms with E-state index in [1.54, 1.807) is 24.8 Å². The van der Waals surface area contributed by atoms with Gasteiger partial charge in [0.25, 0.3) is 5.91 Å². The Balaban J connectivity index is 1.48. The van der Waals surface area contributed by atoms with Gasteiger partial charge in [-0.1, -0.05) is 11.3 Å². The maximum atomic E-state index is 12.2. The molecule has 148 valence electrons. The van der Waals surface area contributed by atoms with Crippen LogP contribution in [-0.4, -0.2) is 28.2 Å². The molecule has 1 amide bonds. The van der Waals surface area contributed by atoms with Crippen LogP contribution in [0, 0.1) is 6.92 Å². The Bertz CT molecular complexity index is 1140. The van der Waals surface area contributed by atoms with Gasteiger partial charge in [0, 0.05) is 17.1 Å². The van der Waals surface area contributed by atoms with Gasteiger partial charge in [0.15, 0.2) is 0 Å². The minimum absolute atomic E-state index is 0.109. The molecule has 3 heterocycles. The van der Waals surface area contributed by atoms with Crippen molar-refractivity contribution in [3.8, 4) is 5.75 Å². The lowest BCUT2D eigenvalue weighted by molar-refractivity contribution is 0.102. The lowest BCUT2D eigenvalue weighted by Crippen LogP contribution is -2.13. The fraction of sp³-hybridized carbons (Fsp3) is 0.200. The number of carbonyl (C=O) groups excluding carboxylic acids is 1. The third kappa shape index (κ3) is 3.90. The third-order valence-corrected chi connectivity index (χ3v) is 5.15. The average molecular weight is 409 g/mol. The number of pyridine rings is 1. The van der Waals surface area contributed by atoms with Crippen molar-refractivity contribution in [2.75, 3.05) is 17.7 Å². The number of amides is 1. The molecule has 0 bridgehead atoms. The van der Waals surface area contributed by atoms with E-state index in [1.807, 2.05) is 32.0 Å². The van der Waals surface area contributed by atoms with Crippen LogP contribution in [0.3, 0.4) is 0 Å². The summed E-state index contributed by atoms with van der Waals surface area (Å²) in [6.07, 6.45) is 1.52. The van der Waals surface area contributed by atoms with E-state index in [-0.39, 0.29) is 11.9 Å². The standard InChI is InChI=1S/C20H19N5O3S/c1-11-15-8-14(27-3)5-6-16(15)28-18(11)12(2)23-17-7-4-13(9-21-17)19(26)24-20-25-22-10-29-20/h4-10,12H,1-3H3,(H,21,23)(H,24,25,26). The summed E-state index contributed by atoms with van der Waals surface area (Å²) in [4.78, 5) is 16.5. The maximum absolute atomic E-state index is 12.2. The van der Waals surface area contributed by atoms with Crippen molar-refractivity contribution in [2.45, 2.75) is 19.9 Å². The molecular formula is C20H19N5O3S. The van der Waals surface area contributed by atoms with E-state index in [4.69, 9.17) is 9.15 Å². The zero-order valence-corrected chi connectivity index (χ0v) is 16.9. The van der Waals surface area contributed by atoms with Gasteiger partial charge in [0.1, 0.15) is 28.4 Å². The Morgan fingerprint density at radius 3 is 2.83 bits per heavy atom. The topological polar surface area (TPSA) is 102 Å². The molecule has 0 saturated heterocycles. The van der Waals surface area contributed by atoms with Crippen LogP contribution < -0.4 is 15.4 Å². The zero-order valence-electron chi connectivity index (χ0n) is 16.1. The number of nitrogens with one attached hydrogen (secondary N) is 2. The summed E-state index contributed by atoms with van der Waals surface area (Å²) < 4.78 is 11.3. The summed E-state index contributed by atoms with van der Waals surface area (Å²) in [5.41, 5.74) is 3.85. The monoisotopic (exact) mass is 409 g/mol. The van der Waals surface area contributed by atoms with E-state index in [0.29, 0.717) is 16.5 Å². The molecule has 2 N–H and O–H groups in total. The van der Waals surface area contributed by atoms with Crippen LogP contribution in [-0.2, 0) is 0 Å². The molecule has 0 aliphatic heterocycles. The van der Waals surface area contributed by atoms with Gasteiger partial charge in [-0.05, 0) is 44.2 Å². The quantitative estimate of drug-likeness (QED) is 0.486. The minimum atomic E-state index is -0.282. The highest BCUT2D eigenvalue weighted by Crippen LogP contribution is 2.33. The van der Waals surface area contributed by atoms with Crippen molar-refractivity contribution >= 4 is 39.2 Å². The predicted molar refractivity (Wildman–Crippen MR) is 112 cm³/mol. The molecule has 9 heteroatoms. The van der Waals surface area contributed by atoms with E-state index in [1.165, 1.54) is 17.5 Å². The fourth-order valence-electron chi connectivity index (χ4n) is 3.06. The van der Waals surface area contributed by atoms with E-state index in [9.17, 15) is 4.79 Å². The van der Waals surface area contributed by atoms with Gasteiger partial charge in [0.2, 0.25) is 5.13 Å². The maximum Gasteiger partial charge on any atom is 0.259 e. The number of anilines is 2. The predicted octanol–water partition coefficient (Wildman–Crippen LogP) is 4.42. The SMILES string of the molecule is COc1ccc2oc(C(C)Nc3ccc(C(=O)Nc4nncs4)cn3)c(C)c2c1. The van der Waals surface area contributed by atoms with Crippen molar-refractivity contribution in [1.82, 2.24) is 15.2 Å². The van der Waals surface area contributed by atoms with Gasteiger partial charge >= 0.3 is 0 Å². The second-order valence-electron chi connectivity index (χ2n) is 6.45. The molecule has 0 spiro atoms. The van der Waals surface area contributed by atoms with Crippen molar-refractivity contribution in [3.05, 3.63) is 58.9 Å². The molecule has 4 rings (SSSR count). The van der Waals surface area contributed by atoms with Gasteiger partial charge in [0.05, 0.1) is 18.7 Å². The van der Waals surface area contributed by atoms with E-state index >= 15 is 0 Å². The molecular weight excluding hydrogens is 390 g/mol. The van der Waals surface area contributed by atoms with E-state index < -0.39 is 0 Å². The van der Waals surface area contributed by atoms with Crippen LogP contribution in [0.2, 0.25) is 0 Å². The Morgan fingerprint density at radius 2 is 2.14 bits per heavy atom. The molecule has 1 aromatic carbocycles. The molecule has 29 heavy (non-hydrogen) atoms. The first-order valence-corrected chi connectivity index (χ1v) is 9.80. The van der Waals surface area contributed by atoms with Crippen molar-refractivity contribution < 1.29 is 13.9 Å². The number of ether oxygens (including phenoxy) is 1. The fourth-order valence-corrected chi connectivity index (χ4v) is 3.50. The van der Waals surface area contributed by atoms with Gasteiger partial charge in [-0.2, -0.15) is 0 Å². The molecule has 4 aromatic rings. The highest BCUT2D eigenvalue weighted by atomic mass is 32.1. The van der Waals surface area contributed by atoms with Crippen LogP contribution in [0.4, 0.5) is 10.9 Å². The van der Waals surface area contributed by atoms with Gasteiger partial charge in [-0.25, -0.2) is 4.98 Å². The van der Waals surface area contributed by atoms with Crippen LogP contribution >= 0.6 is 11.3 Å². The Morgan fingerprint density at radius 1 is 1.28 bits per heavy atom. The summed E-state index contributed by atoms with van der Waals surface area (Å²) in [5, 5.41) is 14.9. The molecule has 0 radical (unpaired) electrons. The number of hydrogen-bond acceptors (Lipinski definition) is 8. The number of aromatic nitrogens is 3. The van der Waals surface area contributed by atoms with Crippen molar-refractivity contribution in [3.63, 3.8) is 0 Å². The van der Waals surface area contributed by atoms with E-state index in [2.05, 4.69) is 25.8 Å². The molecule has 0 aliphatic carbocycles. The van der Waals surface area contributed by atoms with Crippen molar-refractivity contribution in [2.24, 2.45) is 0 Å². The smallest absolute Gasteiger partial charge is 0.259 e. The average Bonchev–Trinajstić information content (AvgIpc) is 3.36. The second-order valence-corrected chi connectivity index (χ2v) is 7.28. The van der Waals surface area contributed by atoms with Gasteiger partial charge in [-0.15, -0.1) is 10.2 Å². The normalized spacial score (nSPS) is 12.0. The summed E-state index contributed by atoms with van der Waals surface area (Å²) in [6, 6.07) is 9.10. The molecule has 1 unspecified atom stereocenters. The first kappa shape index (κ1) is 18.9. The molecule has 1 atom stereocenters. The lowest BCUT2D eigenvalue weighted by atomic mass is 10.1. The highest BCUT2D eigenvalue weighted by molar-refractivity contribution is 7.13. The summed E-state index contributed by atoms with van der Waals surface area (Å²) in [6.45, 7) is 4.02. The summed E-state index contributed by atoms with van der Waals surface area (Å²) in [5.74, 6) is 1.98. The number of hydrogen-bond donors (Lipinski definition) is 2. The number of methoxy groups -OCH3 is 1. The first-order valence-electron chi connectivity index (χ1n) is 8.92. The molecule has 0 saturated carbocycles. The Kier molecular flexibility index (Phi) is 5.13. The Hall–Kier alpha value is -3.46. The largest absolute Gasteiger partial charge is 0.497 e. The zero-order chi connectivity index (χ0) is 20.4. The van der Waals surface area contributed by atoms with Crippen LogP contribution in [0.15, 0.2) is 46.5 Å². The molecule has 0 fully saturated rings. The van der Waals surface area contributed by atoms with Crippen LogP contribution in [0.25, 0.3) is 11.0 Å². The number of rotatable bonds is 6. The van der Waals surface area contributed by atoms with Crippen LogP contribution in [0.5, 0.6) is 5.75 Å². The Labute approximate surface area is 170 Å². The van der Waals surface area contributed by atoms with E-state index in [0.717, 1.165) is 28.0 Å². The van der Waals surface area contributed by atoms with Crippen molar-refractivity contribution in [1.29, 1.82) is 0 Å². The molecule has 0 aliphatic rings. The number of carbonyl (C=O) groups is 1. The number of nitrogens with zero attached hydrogens (tertiary/aromatic N) is 3. The summed E-state index contributed by atoms with van der Waals surface area (Å²) >= 11 is 1.26. The number of aryl methyl sites for hydroxylation is 1. The first-order chi connectivity index (χ1) is 14.0. The highest BCUT2D eigenvalue weighted by Gasteiger charge is 2.18. The van der Waals surface area contributed by atoms with Gasteiger partial charge in [-0.3, -0.25) is 10.1 Å². The minimum Gasteiger partial charge on any atom is -0.497 e. The lowest BCUT2D eigenvalue weighted by Gasteiger charge is -2.13. The second kappa shape index (κ2) is 7.88. The number of furan rings is 1. The summed E-state index contributed by atoms with van der Waals surface area (Å²) in [7, 11) is 1.64. The third-order valence-electron chi connectivity index (χ3n) is 4.54. The molecule has 8 nitrogen and oxygen atoms in total. The van der Waals surface area contributed by atoms with Gasteiger partial charge < -0.3 is 14.5 Å². The van der Waals surface area contributed by atoms with Crippen LogP contribution in [0.1, 0.15) is 34.6 Å². The number of fused-ring (bicyclic) bond motifs is 1.